The van der Waals surface area contributed by atoms with E-state index < -0.39 is 0 Å². The highest BCUT2D eigenvalue weighted by Gasteiger charge is 2.26. The first-order valence-electron chi connectivity index (χ1n) is 5.35. The summed E-state index contributed by atoms with van der Waals surface area (Å²) in [5.41, 5.74) is 0. The number of hydrogen-bond donors (Lipinski definition) is 1. The van der Waals surface area contributed by atoms with E-state index in [9.17, 15) is 0 Å². The summed E-state index contributed by atoms with van der Waals surface area (Å²) < 4.78 is 0. The Balaban J connectivity index is 2.26. The number of nitrogens with one attached hydrogen (secondary N) is 1. The molecule has 1 unspecified atom stereocenters. The van der Waals surface area contributed by atoms with Gasteiger partial charge in [-0.3, -0.25) is 0 Å². The number of hydrogen-bond acceptors (Lipinski definition) is 1. The Kier molecular flexibility index (Phi) is 3.57. The van der Waals surface area contributed by atoms with Gasteiger partial charge in [0.1, 0.15) is 0 Å². The summed E-state index contributed by atoms with van der Waals surface area (Å²) in [6, 6.07) is 1.38. The van der Waals surface area contributed by atoms with Gasteiger partial charge in [-0.15, -0.1) is 0 Å². The molecule has 0 saturated heterocycles. The molecule has 1 aliphatic carbocycles. The zero-order chi connectivity index (χ0) is 9.14. The van der Waals surface area contributed by atoms with Crippen molar-refractivity contribution in [2.45, 2.75) is 59.0 Å². The fraction of sp³-hybridized carbons (Fsp3) is 1.00. The molecule has 0 amide bonds. The van der Waals surface area contributed by atoms with Crippen LogP contribution in [0.5, 0.6) is 0 Å². The van der Waals surface area contributed by atoms with E-state index in [-0.39, 0.29) is 0 Å². The van der Waals surface area contributed by atoms with Crippen molar-refractivity contribution < 1.29 is 0 Å². The van der Waals surface area contributed by atoms with Crippen LogP contribution in [0.25, 0.3) is 0 Å². The van der Waals surface area contributed by atoms with Gasteiger partial charge in [0.15, 0.2) is 0 Å². The Morgan fingerprint density at radius 2 is 1.75 bits per heavy atom. The molecule has 0 radical (unpaired) electrons. The third-order valence-electron chi connectivity index (χ3n) is 2.64. The van der Waals surface area contributed by atoms with Gasteiger partial charge in [0.05, 0.1) is 0 Å². The Bertz CT molecular complexity index is 121. The molecule has 1 atom stereocenters. The Hall–Kier alpha value is -0.0400. The Labute approximate surface area is 76.9 Å². The van der Waals surface area contributed by atoms with Crippen LogP contribution in [0, 0.1) is 11.8 Å². The van der Waals surface area contributed by atoms with Crippen LogP contribution in [0.15, 0.2) is 0 Å². The molecule has 12 heavy (non-hydrogen) atoms. The molecule has 0 aromatic rings. The van der Waals surface area contributed by atoms with Crippen LogP contribution in [0.3, 0.4) is 0 Å². The lowest BCUT2D eigenvalue weighted by atomic mass is 9.98. The molecule has 72 valence electrons. The van der Waals surface area contributed by atoms with Crippen molar-refractivity contribution in [1.82, 2.24) is 5.32 Å². The zero-order valence-electron chi connectivity index (χ0n) is 8.93. The highest BCUT2D eigenvalue weighted by molar-refractivity contribution is 4.82. The second kappa shape index (κ2) is 4.27. The third kappa shape index (κ3) is 3.57. The molecule has 1 saturated carbocycles. The third-order valence-corrected chi connectivity index (χ3v) is 2.64. The van der Waals surface area contributed by atoms with Crippen molar-refractivity contribution in [3.05, 3.63) is 0 Å². The molecule has 1 heteroatoms. The van der Waals surface area contributed by atoms with Gasteiger partial charge < -0.3 is 5.32 Å². The predicted octanol–water partition coefficient (Wildman–Crippen LogP) is 2.81. The van der Waals surface area contributed by atoms with Crippen molar-refractivity contribution in [1.29, 1.82) is 0 Å². The largest absolute Gasteiger partial charge is 0.312 e. The predicted molar refractivity (Wildman–Crippen MR) is 54.2 cm³/mol. The van der Waals surface area contributed by atoms with E-state index in [2.05, 4.69) is 33.0 Å². The van der Waals surface area contributed by atoms with Crippen LogP contribution in [-0.4, -0.2) is 12.1 Å². The first-order valence-corrected chi connectivity index (χ1v) is 5.35. The fourth-order valence-electron chi connectivity index (χ4n) is 1.67. The highest BCUT2D eigenvalue weighted by Crippen LogP contribution is 2.34. The van der Waals surface area contributed by atoms with Gasteiger partial charge in [-0.05, 0) is 18.3 Å². The average Bonchev–Trinajstić information content (AvgIpc) is 2.68. The molecule has 1 aliphatic rings. The quantitative estimate of drug-likeness (QED) is 0.667. The summed E-state index contributed by atoms with van der Waals surface area (Å²) in [6.07, 6.45) is 4.35. The van der Waals surface area contributed by atoms with E-state index in [0.717, 1.165) is 17.9 Å². The summed E-state index contributed by atoms with van der Waals surface area (Å²) >= 11 is 0. The maximum absolute atomic E-state index is 3.65. The summed E-state index contributed by atoms with van der Waals surface area (Å²) in [5, 5.41) is 3.65. The molecule has 0 aromatic heterocycles. The first kappa shape index (κ1) is 10.0. The van der Waals surface area contributed by atoms with E-state index in [1.807, 2.05) is 0 Å². The van der Waals surface area contributed by atoms with E-state index in [4.69, 9.17) is 0 Å². The summed E-state index contributed by atoms with van der Waals surface area (Å²) in [5.74, 6) is 1.83. The average molecular weight is 169 g/mol. The summed E-state index contributed by atoms with van der Waals surface area (Å²) in [4.78, 5) is 0. The Morgan fingerprint density at radius 1 is 1.17 bits per heavy atom. The lowest BCUT2D eigenvalue weighted by molar-refractivity contribution is 0.339. The maximum Gasteiger partial charge on any atom is 0.00950 e. The Morgan fingerprint density at radius 3 is 2.08 bits per heavy atom. The molecule has 1 rings (SSSR count). The molecule has 0 aromatic carbocycles. The minimum Gasteiger partial charge on any atom is -0.312 e. The van der Waals surface area contributed by atoms with Crippen LogP contribution >= 0.6 is 0 Å². The van der Waals surface area contributed by atoms with Crippen molar-refractivity contribution in [3.8, 4) is 0 Å². The molecule has 0 aliphatic heterocycles. The molecule has 0 spiro atoms. The molecule has 1 N–H and O–H groups in total. The van der Waals surface area contributed by atoms with E-state index >= 15 is 0 Å². The van der Waals surface area contributed by atoms with Crippen LogP contribution in [0.4, 0.5) is 0 Å². The van der Waals surface area contributed by atoms with E-state index in [1.165, 1.54) is 19.3 Å². The van der Waals surface area contributed by atoms with Crippen LogP contribution < -0.4 is 5.32 Å². The molecule has 0 bridgehead atoms. The monoisotopic (exact) mass is 169 g/mol. The summed E-state index contributed by atoms with van der Waals surface area (Å²) in [6.45, 7) is 9.12. The minimum absolute atomic E-state index is 0.635. The topological polar surface area (TPSA) is 12.0 Å². The van der Waals surface area contributed by atoms with Gasteiger partial charge in [-0.1, -0.05) is 40.5 Å². The van der Waals surface area contributed by atoms with Gasteiger partial charge in [-0.25, -0.2) is 0 Å². The molecule has 0 heterocycles. The van der Waals surface area contributed by atoms with Crippen molar-refractivity contribution in [2.75, 3.05) is 0 Å². The van der Waals surface area contributed by atoms with Gasteiger partial charge in [0, 0.05) is 12.1 Å². The second-order valence-electron chi connectivity index (χ2n) is 4.85. The smallest absolute Gasteiger partial charge is 0.00950 e. The van der Waals surface area contributed by atoms with Crippen molar-refractivity contribution in [3.63, 3.8) is 0 Å². The first-order chi connectivity index (χ1) is 5.59. The van der Waals surface area contributed by atoms with E-state index in [0.29, 0.717) is 6.04 Å². The zero-order valence-corrected chi connectivity index (χ0v) is 8.93. The van der Waals surface area contributed by atoms with Crippen molar-refractivity contribution >= 4 is 0 Å². The second-order valence-corrected chi connectivity index (χ2v) is 4.85. The van der Waals surface area contributed by atoms with Crippen LogP contribution in [-0.2, 0) is 0 Å². The highest BCUT2D eigenvalue weighted by atomic mass is 14.9. The fourth-order valence-corrected chi connectivity index (χ4v) is 1.67. The SMILES string of the molecule is CC(C)NC(CC1CC1)C(C)C. The molecule has 1 nitrogen and oxygen atoms in total. The standard InChI is InChI=1S/C11H23N/c1-8(2)11(12-9(3)4)7-10-5-6-10/h8-12H,5-7H2,1-4H3. The van der Waals surface area contributed by atoms with Gasteiger partial charge >= 0.3 is 0 Å². The lowest BCUT2D eigenvalue weighted by Gasteiger charge is -2.24. The van der Waals surface area contributed by atoms with Crippen LogP contribution in [0.1, 0.15) is 47.0 Å². The van der Waals surface area contributed by atoms with E-state index in [1.54, 1.807) is 0 Å². The van der Waals surface area contributed by atoms with Gasteiger partial charge in [0.2, 0.25) is 0 Å². The molecule has 1 fully saturated rings. The molecular formula is C11H23N. The number of rotatable bonds is 5. The lowest BCUT2D eigenvalue weighted by Crippen LogP contribution is -2.38. The van der Waals surface area contributed by atoms with Crippen molar-refractivity contribution in [2.24, 2.45) is 11.8 Å². The van der Waals surface area contributed by atoms with Gasteiger partial charge in [0.25, 0.3) is 0 Å². The minimum atomic E-state index is 0.635. The summed E-state index contributed by atoms with van der Waals surface area (Å²) in [7, 11) is 0. The molecular weight excluding hydrogens is 146 g/mol. The van der Waals surface area contributed by atoms with Gasteiger partial charge in [-0.2, -0.15) is 0 Å². The maximum atomic E-state index is 3.65. The normalized spacial score (nSPS) is 20.5. The van der Waals surface area contributed by atoms with Crippen LogP contribution in [0.2, 0.25) is 0 Å².